The predicted octanol–water partition coefficient (Wildman–Crippen LogP) is 0.0403. The Balaban J connectivity index is 2.27. The summed E-state index contributed by atoms with van der Waals surface area (Å²) in [5, 5.41) is 13.7. The van der Waals surface area contributed by atoms with Gasteiger partial charge in [-0.2, -0.15) is 0 Å². The first kappa shape index (κ1) is 17.1. The molecule has 0 spiro atoms. The van der Waals surface area contributed by atoms with Crippen LogP contribution in [0.5, 0.6) is 0 Å². The minimum Gasteiger partial charge on any atom is -0.396 e. The van der Waals surface area contributed by atoms with Gasteiger partial charge in [-0.25, -0.2) is 0 Å². The smallest absolute Gasteiger partial charge is 0.309 e. The minimum atomic E-state index is -0.643. The van der Waals surface area contributed by atoms with Crippen LogP contribution in [0.1, 0.15) is 30.4 Å². The fourth-order valence-corrected chi connectivity index (χ4v) is 1.82. The largest absolute Gasteiger partial charge is 0.396 e. The summed E-state index contributed by atoms with van der Waals surface area (Å²) in [5.74, 6) is -1.27. The summed E-state index contributed by atoms with van der Waals surface area (Å²) in [6, 6.07) is 7.54. The van der Waals surface area contributed by atoms with Gasteiger partial charge in [0.2, 0.25) is 0 Å². The standard InChI is InChI=1S/C15H23N3O3/c16-10-12-5-4-6-13(9-12)11-18-15(21)14(20)17-7-2-1-3-8-19/h4-6,9,19H,1-3,7-8,10-11,16H2,(H,17,20)(H,18,21). The van der Waals surface area contributed by atoms with Crippen molar-refractivity contribution in [3.8, 4) is 0 Å². The molecule has 6 heteroatoms. The first-order valence-electron chi connectivity index (χ1n) is 7.12. The molecule has 0 fully saturated rings. The molecule has 0 heterocycles. The first-order chi connectivity index (χ1) is 10.2. The lowest BCUT2D eigenvalue weighted by Crippen LogP contribution is -2.39. The maximum absolute atomic E-state index is 11.6. The Kier molecular flexibility index (Phi) is 8.08. The van der Waals surface area contributed by atoms with E-state index in [0.29, 0.717) is 26.1 Å². The highest BCUT2D eigenvalue weighted by Gasteiger charge is 2.11. The van der Waals surface area contributed by atoms with E-state index in [-0.39, 0.29) is 6.61 Å². The average Bonchev–Trinajstić information content (AvgIpc) is 2.52. The molecule has 0 aliphatic carbocycles. The molecule has 1 rings (SSSR count). The quantitative estimate of drug-likeness (QED) is 0.401. The molecule has 0 bridgehead atoms. The predicted molar refractivity (Wildman–Crippen MR) is 80.1 cm³/mol. The molecule has 116 valence electrons. The molecule has 0 saturated heterocycles. The summed E-state index contributed by atoms with van der Waals surface area (Å²) in [7, 11) is 0. The minimum absolute atomic E-state index is 0.149. The van der Waals surface area contributed by atoms with Crippen molar-refractivity contribution in [3.05, 3.63) is 35.4 Å². The Bertz CT molecular complexity index is 463. The van der Waals surface area contributed by atoms with Crippen LogP contribution in [-0.4, -0.2) is 30.1 Å². The van der Waals surface area contributed by atoms with E-state index >= 15 is 0 Å². The zero-order valence-electron chi connectivity index (χ0n) is 12.1. The Morgan fingerprint density at radius 2 is 1.76 bits per heavy atom. The van der Waals surface area contributed by atoms with Crippen LogP contribution in [0.15, 0.2) is 24.3 Å². The monoisotopic (exact) mass is 293 g/mol. The third-order valence-electron chi connectivity index (χ3n) is 3.01. The van der Waals surface area contributed by atoms with E-state index in [9.17, 15) is 9.59 Å². The molecule has 0 aromatic heterocycles. The van der Waals surface area contributed by atoms with E-state index in [1.807, 2.05) is 24.3 Å². The molecular weight excluding hydrogens is 270 g/mol. The van der Waals surface area contributed by atoms with Crippen molar-refractivity contribution in [2.24, 2.45) is 5.73 Å². The van der Waals surface area contributed by atoms with Crippen LogP contribution in [0.25, 0.3) is 0 Å². The van der Waals surface area contributed by atoms with Crippen LogP contribution >= 0.6 is 0 Å². The van der Waals surface area contributed by atoms with E-state index in [0.717, 1.165) is 24.0 Å². The van der Waals surface area contributed by atoms with Crippen molar-refractivity contribution in [1.82, 2.24) is 10.6 Å². The second-order valence-corrected chi connectivity index (χ2v) is 4.75. The van der Waals surface area contributed by atoms with Gasteiger partial charge in [-0.1, -0.05) is 24.3 Å². The van der Waals surface area contributed by atoms with Crippen molar-refractivity contribution >= 4 is 11.8 Å². The highest BCUT2D eigenvalue weighted by atomic mass is 16.3. The second-order valence-electron chi connectivity index (χ2n) is 4.75. The lowest BCUT2D eigenvalue weighted by molar-refractivity contribution is -0.139. The molecule has 21 heavy (non-hydrogen) atoms. The van der Waals surface area contributed by atoms with Gasteiger partial charge in [0.05, 0.1) is 0 Å². The lowest BCUT2D eigenvalue weighted by Gasteiger charge is -2.07. The van der Waals surface area contributed by atoms with Crippen molar-refractivity contribution < 1.29 is 14.7 Å². The summed E-state index contributed by atoms with van der Waals surface area (Å²) in [6.45, 7) is 1.33. The normalized spacial score (nSPS) is 10.2. The zero-order chi connectivity index (χ0) is 15.5. The maximum Gasteiger partial charge on any atom is 0.309 e. The number of nitrogens with two attached hydrogens (primary N) is 1. The number of aliphatic hydroxyl groups is 1. The van der Waals surface area contributed by atoms with Crippen LogP contribution in [-0.2, 0) is 22.7 Å². The number of unbranched alkanes of at least 4 members (excludes halogenated alkanes) is 2. The molecule has 0 unspecified atom stereocenters. The van der Waals surface area contributed by atoms with Gasteiger partial charge in [0.25, 0.3) is 0 Å². The van der Waals surface area contributed by atoms with Gasteiger partial charge in [-0.3, -0.25) is 9.59 Å². The summed E-state index contributed by atoms with van der Waals surface area (Å²) in [5.41, 5.74) is 7.43. The number of hydrogen-bond acceptors (Lipinski definition) is 4. The third kappa shape index (κ3) is 6.87. The van der Waals surface area contributed by atoms with Gasteiger partial charge in [0, 0.05) is 26.2 Å². The van der Waals surface area contributed by atoms with E-state index < -0.39 is 11.8 Å². The van der Waals surface area contributed by atoms with Crippen LogP contribution in [0.2, 0.25) is 0 Å². The summed E-state index contributed by atoms with van der Waals surface area (Å²) >= 11 is 0. The lowest BCUT2D eigenvalue weighted by atomic mass is 10.1. The van der Waals surface area contributed by atoms with Crippen LogP contribution in [0, 0.1) is 0 Å². The van der Waals surface area contributed by atoms with Gasteiger partial charge < -0.3 is 21.5 Å². The van der Waals surface area contributed by atoms with Crippen LogP contribution in [0.3, 0.4) is 0 Å². The van der Waals surface area contributed by atoms with Crippen molar-refractivity contribution in [1.29, 1.82) is 0 Å². The van der Waals surface area contributed by atoms with Crippen molar-refractivity contribution in [2.45, 2.75) is 32.4 Å². The molecule has 1 aromatic carbocycles. The highest BCUT2D eigenvalue weighted by molar-refractivity contribution is 6.35. The van der Waals surface area contributed by atoms with E-state index in [4.69, 9.17) is 10.8 Å². The first-order valence-corrected chi connectivity index (χ1v) is 7.12. The number of amides is 2. The van der Waals surface area contributed by atoms with Gasteiger partial charge in [0.1, 0.15) is 0 Å². The SMILES string of the molecule is NCc1cccc(CNC(=O)C(=O)NCCCCCO)c1. The Hall–Kier alpha value is -1.92. The number of nitrogens with one attached hydrogen (secondary N) is 2. The molecule has 0 aliphatic heterocycles. The van der Waals surface area contributed by atoms with E-state index in [1.54, 1.807) is 0 Å². The van der Waals surface area contributed by atoms with Crippen LogP contribution < -0.4 is 16.4 Å². The maximum atomic E-state index is 11.6. The highest BCUT2D eigenvalue weighted by Crippen LogP contribution is 2.04. The third-order valence-corrected chi connectivity index (χ3v) is 3.01. The molecule has 5 N–H and O–H groups in total. The fourth-order valence-electron chi connectivity index (χ4n) is 1.82. The molecule has 0 atom stereocenters. The summed E-state index contributed by atoms with van der Waals surface area (Å²) < 4.78 is 0. The van der Waals surface area contributed by atoms with Gasteiger partial charge >= 0.3 is 11.8 Å². The van der Waals surface area contributed by atoms with Crippen molar-refractivity contribution in [3.63, 3.8) is 0 Å². The van der Waals surface area contributed by atoms with Crippen molar-refractivity contribution in [2.75, 3.05) is 13.2 Å². The Labute approximate surface area is 124 Å². The molecule has 0 saturated carbocycles. The Morgan fingerprint density at radius 1 is 1.05 bits per heavy atom. The summed E-state index contributed by atoms with van der Waals surface area (Å²) in [4.78, 5) is 23.1. The topological polar surface area (TPSA) is 104 Å². The molecule has 0 aliphatic rings. The van der Waals surface area contributed by atoms with Crippen LogP contribution in [0.4, 0.5) is 0 Å². The molecule has 6 nitrogen and oxygen atoms in total. The van der Waals surface area contributed by atoms with Gasteiger partial charge in [-0.05, 0) is 30.4 Å². The molecular formula is C15H23N3O3. The zero-order valence-corrected chi connectivity index (χ0v) is 12.1. The number of aliphatic hydroxyl groups excluding tert-OH is 1. The second kappa shape index (κ2) is 9.90. The Morgan fingerprint density at radius 3 is 2.48 bits per heavy atom. The van der Waals surface area contributed by atoms with E-state index in [1.165, 1.54) is 0 Å². The number of rotatable bonds is 8. The number of carbonyl (C=O) groups is 2. The fraction of sp³-hybridized carbons (Fsp3) is 0.467. The van der Waals surface area contributed by atoms with Gasteiger partial charge in [0.15, 0.2) is 0 Å². The molecule has 2 amide bonds. The van der Waals surface area contributed by atoms with Gasteiger partial charge in [-0.15, -0.1) is 0 Å². The summed E-state index contributed by atoms with van der Waals surface area (Å²) in [6.07, 6.45) is 2.28. The molecule has 1 aromatic rings. The molecule has 0 radical (unpaired) electrons. The number of hydrogen-bond donors (Lipinski definition) is 4. The average molecular weight is 293 g/mol. The number of carbonyl (C=O) groups excluding carboxylic acids is 2. The van der Waals surface area contributed by atoms with E-state index in [2.05, 4.69) is 10.6 Å². The number of benzene rings is 1.